The summed E-state index contributed by atoms with van der Waals surface area (Å²) in [6.45, 7) is 1.10. The van der Waals surface area contributed by atoms with Crippen LogP contribution < -0.4 is 10.5 Å². The first-order chi connectivity index (χ1) is 10.3. The van der Waals surface area contributed by atoms with Gasteiger partial charge < -0.3 is 10.5 Å². The zero-order valence-electron chi connectivity index (χ0n) is 12.0. The van der Waals surface area contributed by atoms with E-state index in [2.05, 4.69) is 24.3 Å². The number of hydrogen-bond donors (Lipinski definition) is 1. The van der Waals surface area contributed by atoms with Crippen LogP contribution in [0.4, 0.5) is 0 Å². The summed E-state index contributed by atoms with van der Waals surface area (Å²) in [6.07, 6.45) is 3.56. The summed E-state index contributed by atoms with van der Waals surface area (Å²) in [6, 6.07) is 14.4. The third-order valence-electron chi connectivity index (χ3n) is 4.19. The Hall–Kier alpha value is -1.51. The molecule has 2 aromatic carbocycles. The molecule has 0 fully saturated rings. The van der Waals surface area contributed by atoms with E-state index in [1.54, 1.807) is 0 Å². The fourth-order valence-corrected chi connectivity index (χ4v) is 3.34. The molecule has 0 aromatic heterocycles. The molecule has 3 heteroatoms. The summed E-state index contributed by atoms with van der Waals surface area (Å²) in [4.78, 5) is 0. The van der Waals surface area contributed by atoms with Gasteiger partial charge in [0.1, 0.15) is 5.75 Å². The van der Waals surface area contributed by atoms with E-state index >= 15 is 0 Å². The second kappa shape index (κ2) is 6.50. The van der Waals surface area contributed by atoms with Crippen LogP contribution >= 0.6 is 11.6 Å². The molecule has 0 bridgehead atoms. The van der Waals surface area contributed by atoms with Crippen molar-refractivity contribution >= 4 is 11.6 Å². The molecule has 1 aliphatic carbocycles. The number of nitrogens with two attached hydrogens (primary N) is 1. The van der Waals surface area contributed by atoms with Crippen LogP contribution in [0.2, 0.25) is 5.02 Å². The lowest BCUT2D eigenvalue weighted by Crippen LogP contribution is -2.17. The van der Waals surface area contributed by atoms with E-state index in [0.717, 1.165) is 11.3 Å². The van der Waals surface area contributed by atoms with Crippen LogP contribution in [-0.4, -0.2) is 6.61 Å². The van der Waals surface area contributed by atoms with E-state index in [1.807, 2.05) is 18.2 Å². The average Bonchev–Trinajstić information content (AvgIpc) is 2.53. The van der Waals surface area contributed by atoms with Crippen molar-refractivity contribution in [2.75, 3.05) is 6.61 Å². The van der Waals surface area contributed by atoms with Crippen molar-refractivity contribution in [1.29, 1.82) is 0 Å². The highest BCUT2D eigenvalue weighted by Crippen LogP contribution is 2.34. The van der Waals surface area contributed by atoms with Crippen molar-refractivity contribution in [3.63, 3.8) is 0 Å². The lowest BCUT2D eigenvalue weighted by molar-refractivity contribution is 0.272. The molecule has 2 N–H and O–H groups in total. The smallest absolute Gasteiger partial charge is 0.142 e. The lowest BCUT2D eigenvalue weighted by atomic mass is 9.83. The maximum atomic E-state index is 6.25. The fraction of sp³-hybridized carbons (Fsp3) is 0.333. The van der Waals surface area contributed by atoms with E-state index in [-0.39, 0.29) is 0 Å². The average molecular weight is 302 g/mol. The molecule has 0 aliphatic heterocycles. The molecular formula is C18H20ClNO. The second-order valence-corrected chi connectivity index (χ2v) is 5.94. The standard InChI is InChI=1S/C18H20ClNO/c19-17-10-4-7-14(11-20)18(17)21-12-15-8-3-6-13-5-1-2-9-16(13)15/h1-2,4-5,7,9-10,15H,3,6,8,11-12,20H2. The quantitative estimate of drug-likeness (QED) is 0.914. The molecule has 21 heavy (non-hydrogen) atoms. The van der Waals surface area contributed by atoms with Crippen molar-refractivity contribution < 1.29 is 4.74 Å². The first kappa shape index (κ1) is 14.4. The van der Waals surface area contributed by atoms with Gasteiger partial charge in [-0.2, -0.15) is 0 Å². The summed E-state index contributed by atoms with van der Waals surface area (Å²) >= 11 is 6.25. The number of ether oxygens (including phenoxy) is 1. The van der Waals surface area contributed by atoms with Crippen molar-refractivity contribution in [1.82, 2.24) is 0 Å². The first-order valence-electron chi connectivity index (χ1n) is 7.47. The Kier molecular flexibility index (Phi) is 4.47. The van der Waals surface area contributed by atoms with Gasteiger partial charge in [0.05, 0.1) is 11.6 Å². The van der Waals surface area contributed by atoms with Gasteiger partial charge in [0.2, 0.25) is 0 Å². The van der Waals surface area contributed by atoms with Gasteiger partial charge in [-0.1, -0.05) is 48.0 Å². The van der Waals surface area contributed by atoms with Crippen LogP contribution in [0.1, 0.15) is 35.4 Å². The number of halogens is 1. The minimum absolute atomic E-state index is 0.442. The Labute approximate surface area is 130 Å². The Bertz CT molecular complexity index is 626. The predicted octanol–water partition coefficient (Wildman–Crippen LogP) is 4.30. The maximum absolute atomic E-state index is 6.25. The van der Waals surface area contributed by atoms with Crippen LogP contribution in [0.15, 0.2) is 42.5 Å². The van der Waals surface area contributed by atoms with Crippen LogP contribution in [0.5, 0.6) is 5.75 Å². The molecule has 0 radical (unpaired) electrons. The molecule has 1 aliphatic rings. The van der Waals surface area contributed by atoms with E-state index < -0.39 is 0 Å². The van der Waals surface area contributed by atoms with Crippen molar-refractivity contribution in [3.05, 3.63) is 64.2 Å². The van der Waals surface area contributed by atoms with Gasteiger partial charge in [0.25, 0.3) is 0 Å². The minimum atomic E-state index is 0.442. The first-order valence-corrected chi connectivity index (χ1v) is 7.85. The molecule has 2 nitrogen and oxygen atoms in total. The highest BCUT2D eigenvalue weighted by Gasteiger charge is 2.21. The summed E-state index contributed by atoms with van der Waals surface area (Å²) in [5.41, 5.74) is 9.61. The van der Waals surface area contributed by atoms with Gasteiger partial charge in [0, 0.05) is 18.0 Å². The predicted molar refractivity (Wildman–Crippen MR) is 87.0 cm³/mol. The van der Waals surface area contributed by atoms with Crippen LogP contribution in [0, 0.1) is 0 Å². The fourth-order valence-electron chi connectivity index (χ4n) is 3.09. The largest absolute Gasteiger partial charge is 0.491 e. The highest BCUT2D eigenvalue weighted by atomic mass is 35.5. The second-order valence-electron chi connectivity index (χ2n) is 5.53. The van der Waals surface area contributed by atoms with Gasteiger partial charge in [0.15, 0.2) is 0 Å². The van der Waals surface area contributed by atoms with Crippen molar-refractivity contribution in [2.45, 2.75) is 31.7 Å². The third kappa shape index (κ3) is 3.07. The SMILES string of the molecule is NCc1cccc(Cl)c1OCC1CCCc2ccccc21. The highest BCUT2D eigenvalue weighted by molar-refractivity contribution is 6.32. The number of para-hydroxylation sites is 1. The molecule has 0 heterocycles. The Morgan fingerprint density at radius 1 is 1.14 bits per heavy atom. The number of hydrogen-bond acceptors (Lipinski definition) is 2. The maximum Gasteiger partial charge on any atom is 0.142 e. The van der Waals surface area contributed by atoms with Crippen LogP contribution in [0.3, 0.4) is 0 Å². The van der Waals surface area contributed by atoms with E-state index in [0.29, 0.717) is 24.1 Å². The summed E-state index contributed by atoms with van der Waals surface area (Å²) < 4.78 is 6.04. The zero-order valence-corrected chi connectivity index (χ0v) is 12.8. The van der Waals surface area contributed by atoms with E-state index in [1.165, 1.54) is 30.4 Å². The molecule has 1 atom stereocenters. The monoisotopic (exact) mass is 301 g/mol. The summed E-state index contributed by atoms with van der Waals surface area (Å²) in [7, 11) is 0. The molecule has 2 aromatic rings. The topological polar surface area (TPSA) is 35.2 Å². The van der Waals surface area contributed by atoms with Gasteiger partial charge in [-0.3, -0.25) is 0 Å². The molecule has 110 valence electrons. The molecule has 0 saturated carbocycles. The molecule has 0 saturated heterocycles. The molecule has 1 unspecified atom stereocenters. The summed E-state index contributed by atoms with van der Waals surface area (Å²) in [5, 5.41) is 0.641. The molecular weight excluding hydrogens is 282 g/mol. The van der Waals surface area contributed by atoms with E-state index in [4.69, 9.17) is 22.1 Å². The molecule has 3 rings (SSSR count). The zero-order chi connectivity index (χ0) is 14.7. The number of fused-ring (bicyclic) bond motifs is 1. The summed E-state index contributed by atoms with van der Waals surface area (Å²) in [5.74, 6) is 1.18. The lowest BCUT2D eigenvalue weighted by Gasteiger charge is -2.26. The third-order valence-corrected chi connectivity index (χ3v) is 4.49. The van der Waals surface area contributed by atoms with Gasteiger partial charge in [-0.25, -0.2) is 0 Å². The molecule has 0 amide bonds. The van der Waals surface area contributed by atoms with Crippen molar-refractivity contribution in [2.24, 2.45) is 5.73 Å². The van der Waals surface area contributed by atoms with Crippen LogP contribution in [-0.2, 0) is 13.0 Å². The Morgan fingerprint density at radius 2 is 2.00 bits per heavy atom. The number of aryl methyl sites for hydroxylation is 1. The van der Waals surface area contributed by atoms with E-state index in [9.17, 15) is 0 Å². The Morgan fingerprint density at radius 3 is 2.86 bits per heavy atom. The van der Waals surface area contributed by atoms with Crippen molar-refractivity contribution in [3.8, 4) is 5.75 Å². The van der Waals surface area contributed by atoms with Gasteiger partial charge in [-0.15, -0.1) is 0 Å². The number of benzene rings is 2. The van der Waals surface area contributed by atoms with Crippen LogP contribution in [0.25, 0.3) is 0 Å². The molecule has 0 spiro atoms. The van der Waals surface area contributed by atoms with Gasteiger partial charge in [-0.05, 0) is 36.5 Å². The number of rotatable bonds is 4. The normalized spacial score (nSPS) is 17.3. The Balaban J connectivity index is 1.78. The van der Waals surface area contributed by atoms with Gasteiger partial charge >= 0.3 is 0 Å². The minimum Gasteiger partial charge on any atom is -0.491 e.